The molecule has 24 heavy (non-hydrogen) atoms. The van der Waals surface area contributed by atoms with Crippen LogP contribution in [0.2, 0.25) is 0 Å². The highest BCUT2D eigenvalue weighted by Gasteiger charge is 2.08. The summed E-state index contributed by atoms with van der Waals surface area (Å²) in [7, 11) is 3.87. The first-order valence-electron chi connectivity index (χ1n) is 8.00. The number of likely N-dealkylation sites (N-methyl/N-ethyl adjacent to an activating group) is 1. The highest BCUT2D eigenvalue weighted by Crippen LogP contribution is 2.17. The largest absolute Gasteiger partial charge is 0.489 e. The van der Waals surface area contributed by atoms with Gasteiger partial charge in [-0.15, -0.1) is 11.3 Å². The third-order valence-corrected chi connectivity index (χ3v) is 4.55. The van der Waals surface area contributed by atoms with Crippen LogP contribution in [0.15, 0.2) is 59.4 Å². The Labute approximate surface area is 148 Å². The Morgan fingerprint density at radius 1 is 1.33 bits per heavy atom. The molecular weight excluding hydrogens is 318 g/mol. The van der Waals surface area contributed by atoms with Crippen molar-refractivity contribution in [2.45, 2.75) is 13.0 Å². The summed E-state index contributed by atoms with van der Waals surface area (Å²) in [4.78, 5) is 7.91. The fraction of sp³-hybridized carbons (Fsp3) is 0.316. The predicted octanol–water partition coefficient (Wildman–Crippen LogP) is 3.56. The van der Waals surface area contributed by atoms with Gasteiger partial charge in [0.05, 0.1) is 0 Å². The van der Waals surface area contributed by atoms with Gasteiger partial charge < -0.3 is 15.0 Å². The number of guanidine groups is 1. The lowest BCUT2D eigenvalue weighted by atomic mass is 10.2. The molecule has 2 rings (SSSR count). The molecule has 4 nitrogen and oxygen atoms in total. The molecule has 1 heterocycles. The molecule has 0 aliphatic heterocycles. The molecule has 0 bridgehead atoms. The maximum atomic E-state index is 5.70. The number of ether oxygens (including phenoxy) is 1. The van der Waals surface area contributed by atoms with E-state index in [0.717, 1.165) is 30.2 Å². The van der Waals surface area contributed by atoms with Gasteiger partial charge in [-0.25, -0.2) is 0 Å². The smallest absolute Gasteiger partial charge is 0.193 e. The van der Waals surface area contributed by atoms with E-state index in [1.807, 2.05) is 25.2 Å². The minimum atomic E-state index is 0.506. The number of benzene rings is 1. The van der Waals surface area contributed by atoms with Crippen LogP contribution in [0.1, 0.15) is 10.4 Å². The van der Waals surface area contributed by atoms with Gasteiger partial charge in [0.15, 0.2) is 5.96 Å². The van der Waals surface area contributed by atoms with E-state index < -0.39 is 0 Å². The summed E-state index contributed by atoms with van der Waals surface area (Å²) in [6, 6.07) is 12.3. The molecule has 0 amide bonds. The van der Waals surface area contributed by atoms with Crippen LogP contribution in [0.25, 0.3) is 0 Å². The molecule has 1 aromatic heterocycles. The minimum Gasteiger partial charge on any atom is -0.489 e. The Balaban J connectivity index is 1.90. The van der Waals surface area contributed by atoms with E-state index in [9.17, 15) is 0 Å². The number of nitrogens with one attached hydrogen (secondary N) is 1. The molecule has 0 atom stereocenters. The monoisotopic (exact) mass is 343 g/mol. The van der Waals surface area contributed by atoms with Crippen LogP contribution in [0.5, 0.6) is 5.75 Å². The lowest BCUT2D eigenvalue weighted by Gasteiger charge is -2.22. The fourth-order valence-electron chi connectivity index (χ4n) is 2.34. The first kappa shape index (κ1) is 18.1. The summed E-state index contributed by atoms with van der Waals surface area (Å²) >= 11 is 1.79. The van der Waals surface area contributed by atoms with Crippen molar-refractivity contribution in [1.29, 1.82) is 0 Å². The molecule has 0 aliphatic rings. The van der Waals surface area contributed by atoms with Crippen molar-refractivity contribution in [3.05, 3.63) is 64.9 Å². The van der Waals surface area contributed by atoms with Crippen LogP contribution in [0.3, 0.4) is 0 Å². The SMILES string of the molecule is C=CCOc1ccccc1CNC(=NC)N(C)CCc1cccs1. The molecule has 2 aromatic rings. The summed E-state index contributed by atoms with van der Waals surface area (Å²) in [5.41, 5.74) is 1.10. The molecule has 0 spiro atoms. The highest BCUT2D eigenvalue weighted by atomic mass is 32.1. The average Bonchev–Trinajstić information content (AvgIpc) is 3.13. The molecule has 0 fully saturated rings. The maximum Gasteiger partial charge on any atom is 0.193 e. The molecule has 1 aromatic carbocycles. The summed E-state index contributed by atoms with van der Waals surface area (Å²) in [5.74, 6) is 1.76. The van der Waals surface area contributed by atoms with Crippen molar-refractivity contribution in [3.63, 3.8) is 0 Å². The van der Waals surface area contributed by atoms with E-state index in [1.54, 1.807) is 17.4 Å². The third-order valence-electron chi connectivity index (χ3n) is 3.61. The van der Waals surface area contributed by atoms with E-state index in [4.69, 9.17) is 4.74 Å². The Morgan fingerprint density at radius 3 is 2.88 bits per heavy atom. The van der Waals surface area contributed by atoms with E-state index >= 15 is 0 Å². The van der Waals surface area contributed by atoms with Gasteiger partial charge in [-0.1, -0.05) is 36.9 Å². The van der Waals surface area contributed by atoms with Gasteiger partial charge in [0.1, 0.15) is 12.4 Å². The van der Waals surface area contributed by atoms with Crippen LogP contribution in [-0.4, -0.2) is 38.1 Å². The minimum absolute atomic E-state index is 0.506. The zero-order valence-corrected chi connectivity index (χ0v) is 15.2. The molecule has 0 unspecified atom stereocenters. The standard InChI is InChI=1S/C19H25N3OS/c1-4-13-23-18-10-6-5-8-16(18)15-21-19(20-2)22(3)12-11-17-9-7-14-24-17/h4-10,14H,1,11-13,15H2,2-3H3,(H,20,21). The first-order valence-corrected chi connectivity index (χ1v) is 8.88. The maximum absolute atomic E-state index is 5.70. The third kappa shape index (κ3) is 5.42. The van der Waals surface area contributed by atoms with Gasteiger partial charge in [0.25, 0.3) is 0 Å². The highest BCUT2D eigenvalue weighted by molar-refractivity contribution is 7.09. The van der Waals surface area contributed by atoms with Gasteiger partial charge >= 0.3 is 0 Å². The second-order valence-electron chi connectivity index (χ2n) is 5.36. The lowest BCUT2D eigenvalue weighted by Crippen LogP contribution is -2.39. The molecule has 0 radical (unpaired) electrons. The number of aliphatic imine (C=N–C) groups is 1. The van der Waals surface area contributed by atoms with Gasteiger partial charge in [0, 0.05) is 37.6 Å². The van der Waals surface area contributed by atoms with Crippen molar-refractivity contribution in [2.75, 3.05) is 27.2 Å². The zero-order valence-electron chi connectivity index (χ0n) is 14.4. The molecule has 128 valence electrons. The van der Waals surface area contributed by atoms with Crippen LogP contribution in [-0.2, 0) is 13.0 Å². The zero-order chi connectivity index (χ0) is 17.2. The summed E-state index contributed by atoms with van der Waals surface area (Å²) in [6.45, 7) is 5.79. The van der Waals surface area contributed by atoms with Gasteiger partial charge in [-0.05, 0) is 23.9 Å². The topological polar surface area (TPSA) is 36.9 Å². The van der Waals surface area contributed by atoms with Gasteiger partial charge in [-0.2, -0.15) is 0 Å². The predicted molar refractivity (Wildman–Crippen MR) is 103 cm³/mol. The second-order valence-corrected chi connectivity index (χ2v) is 6.39. The molecule has 1 N–H and O–H groups in total. The number of hydrogen-bond donors (Lipinski definition) is 1. The average molecular weight is 343 g/mol. The molecular formula is C19H25N3OS. The van der Waals surface area contributed by atoms with E-state index in [2.05, 4.69) is 52.4 Å². The fourth-order valence-corrected chi connectivity index (χ4v) is 3.04. The van der Waals surface area contributed by atoms with E-state index in [1.165, 1.54) is 4.88 Å². The molecule has 0 aliphatic carbocycles. The van der Waals surface area contributed by atoms with Gasteiger partial charge in [-0.3, -0.25) is 4.99 Å². The Morgan fingerprint density at radius 2 is 2.17 bits per heavy atom. The second kappa shape index (κ2) is 9.78. The normalized spacial score (nSPS) is 11.2. The van der Waals surface area contributed by atoms with Crippen molar-refractivity contribution in [3.8, 4) is 5.75 Å². The number of thiophene rings is 1. The summed E-state index contributed by atoms with van der Waals surface area (Å²) < 4.78 is 5.70. The quantitative estimate of drug-likeness (QED) is 0.452. The van der Waals surface area contributed by atoms with Crippen molar-refractivity contribution >= 4 is 17.3 Å². The lowest BCUT2D eigenvalue weighted by molar-refractivity contribution is 0.358. The molecule has 0 saturated carbocycles. The van der Waals surface area contributed by atoms with Gasteiger partial charge in [0.2, 0.25) is 0 Å². The Kier molecular flexibility index (Phi) is 7.36. The molecule has 5 heteroatoms. The van der Waals surface area contributed by atoms with Crippen LogP contribution >= 0.6 is 11.3 Å². The Bertz CT molecular complexity index is 652. The van der Waals surface area contributed by atoms with E-state index in [-0.39, 0.29) is 0 Å². The number of rotatable bonds is 8. The summed E-state index contributed by atoms with van der Waals surface area (Å²) in [5, 5.41) is 5.52. The number of hydrogen-bond acceptors (Lipinski definition) is 3. The van der Waals surface area contributed by atoms with E-state index in [0.29, 0.717) is 13.2 Å². The number of para-hydroxylation sites is 1. The van der Waals surface area contributed by atoms with Crippen molar-refractivity contribution < 1.29 is 4.74 Å². The van der Waals surface area contributed by atoms with Crippen molar-refractivity contribution in [1.82, 2.24) is 10.2 Å². The first-order chi connectivity index (χ1) is 11.7. The summed E-state index contributed by atoms with van der Waals surface area (Å²) in [6.07, 6.45) is 2.77. The number of nitrogens with zero attached hydrogens (tertiary/aromatic N) is 2. The molecule has 0 saturated heterocycles. The Hall–Kier alpha value is -2.27. The van der Waals surface area contributed by atoms with Crippen molar-refractivity contribution in [2.24, 2.45) is 4.99 Å². The van der Waals surface area contributed by atoms with Crippen LogP contribution in [0.4, 0.5) is 0 Å². The van der Waals surface area contributed by atoms with Crippen LogP contribution in [0, 0.1) is 0 Å². The van der Waals surface area contributed by atoms with Crippen LogP contribution < -0.4 is 10.1 Å².